The zero-order valence-corrected chi connectivity index (χ0v) is 20.6. The van der Waals surface area contributed by atoms with Gasteiger partial charge in [-0.25, -0.2) is 4.79 Å². The van der Waals surface area contributed by atoms with Gasteiger partial charge in [-0.1, -0.05) is 77.0 Å². The molecular formula is C22H40O4Zn. The third kappa shape index (κ3) is 33.1. The van der Waals surface area contributed by atoms with Crippen molar-refractivity contribution in [3.63, 3.8) is 0 Å². The second kappa shape index (κ2) is 25.0. The van der Waals surface area contributed by atoms with Crippen LogP contribution < -0.4 is 0 Å². The molecule has 0 unspecified atom stereocenters. The number of carboxylic acid groups (broad SMARTS) is 2. The summed E-state index contributed by atoms with van der Waals surface area (Å²) < 4.78 is 0. The Hall–Kier alpha value is -0.957. The number of unbranched alkanes of at least 4 members (excludes halogenated alkanes) is 11. The molecule has 0 aromatic rings. The first-order valence-electron chi connectivity index (χ1n) is 10.2. The minimum atomic E-state index is -0.935. The summed E-state index contributed by atoms with van der Waals surface area (Å²) in [6.45, 7) is 6.86. The maximum absolute atomic E-state index is 10.3. The summed E-state index contributed by atoms with van der Waals surface area (Å²) in [5, 5.41) is 16.4. The number of carbonyl (C=O) groups is 2. The number of rotatable bonds is 16. The molecule has 5 heteroatoms. The SMILES string of the molecule is C=C(C)C(=O)O.CCCCCCCC/C=C/CCCCCCCC(=O)O.[Zn]. The average Bonchev–Trinajstić information content (AvgIpc) is 2.58. The van der Waals surface area contributed by atoms with Crippen LogP contribution in [-0.4, -0.2) is 22.2 Å². The molecule has 0 spiro atoms. The third-order valence-corrected chi connectivity index (χ3v) is 4.02. The summed E-state index contributed by atoms with van der Waals surface area (Å²) in [5.41, 5.74) is 0.176. The van der Waals surface area contributed by atoms with E-state index in [4.69, 9.17) is 10.2 Å². The second-order valence-corrected chi connectivity index (χ2v) is 6.81. The van der Waals surface area contributed by atoms with Crippen LogP contribution in [0.5, 0.6) is 0 Å². The van der Waals surface area contributed by atoms with E-state index < -0.39 is 11.9 Å². The minimum Gasteiger partial charge on any atom is -0.481 e. The number of carboxylic acids is 2. The van der Waals surface area contributed by atoms with Gasteiger partial charge in [-0.15, -0.1) is 0 Å². The molecule has 0 saturated carbocycles. The van der Waals surface area contributed by atoms with Crippen molar-refractivity contribution in [2.24, 2.45) is 0 Å². The van der Waals surface area contributed by atoms with E-state index >= 15 is 0 Å². The van der Waals surface area contributed by atoms with Crippen molar-refractivity contribution < 1.29 is 39.3 Å². The first kappa shape index (κ1) is 30.8. The summed E-state index contributed by atoms with van der Waals surface area (Å²) in [6.07, 6.45) is 21.2. The van der Waals surface area contributed by atoms with Crippen molar-refractivity contribution in [3.8, 4) is 0 Å². The van der Waals surface area contributed by atoms with Crippen LogP contribution in [0.25, 0.3) is 0 Å². The summed E-state index contributed by atoms with van der Waals surface area (Å²) in [7, 11) is 0. The molecule has 0 aromatic carbocycles. The first-order chi connectivity index (χ1) is 12.4. The summed E-state index contributed by atoms with van der Waals surface area (Å²) in [6, 6.07) is 0. The molecule has 0 atom stereocenters. The van der Waals surface area contributed by atoms with E-state index in [1.165, 1.54) is 77.6 Å². The largest absolute Gasteiger partial charge is 0.481 e. The fourth-order valence-corrected chi connectivity index (χ4v) is 2.35. The number of hydrogen-bond donors (Lipinski definition) is 2. The average molecular weight is 434 g/mol. The molecule has 0 amide bonds. The summed E-state index contributed by atoms with van der Waals surface area (Å²) in [4.78, 5) is 19.9. The zero-order chi connectivity index (χ0) is 20.0. The Morgan fingerprint density at radius 2 is 1.15 bits per heavy atom. The van der Waals surface area contributed by atoms with Crippen LogP contribution in [0, 0.1) is 0 Å². The van der Waals surface area contributed by atoms with Gasteiger partial charge >= 0.3 is 11.9 Å². The molecule has 0 rings (SSSR count). The van der Waals surface area contributed by atoms with Crippen molar-refractivity contribution in [2.45, 2.75) is 104 Å². The van der Waals surface area contributed by atoms with Gasteiger partial charge in [-0.2, -0.15) is 0 Å². The summed E-state index contributed by atoms with van der Waals surface area (Å²) in [5.74, 6) is -1.60. The van der Waals surface area contributed by atoms with E-state index in [2.05, 4.69) is 25.7 Å². The minimum absolute atomic E-state index is 0. The molecular weight excluding hydrogens is 394 g/mol. The molecule has 4 nitrogen and oxygen atoms in total. The Morgan fingerprint density at radius 1 is 0.778 bits per heavy atom. The van der Waals surface area contributed by atoms with Gasteiger partial charge in [0.1, 0.15) is 0 Å². The third-order valence-electron chi connectivity index (χ3n) is 4.02. The number of hydrogen-bond acceptors (Lipinski definition) is 2. The monoisotopic (exact) mass is 432 g/mol. The van der Waals surface area contributed by atoms with Crippen LogP contribution in [0.2, 0.25) is 0 Å². The normalized spacial score (nSPS) is 10.0. The summed E-state index contributed by atoms with van der Waals surface area (Å²) >= 11 is 0. The van der Waals surface area contributed by atoms with Gasteiger partial charge in [-0.3, -0.25) is 4.79 Å². The Balaban J connectivity index is -0.000000709. The van der Waals surface area contributed by atoms with Crippen molar-refractivity contribution in [1.82, 2.24) is 0 Å². The van der Waals surface area contributed by atoms with Gasteiger partial charge in [0.25, 0.3) is 0 Å². The molecule has 0 aromatic heterocycles. The standard InChI is InChI=1S/C18H34O2.C4H6O2.Zn/c1-2-3-4-5-6-7-8-9-10-11-12-13-14-15-16-17-18(19)20;1-3(2)4(5)6;/h9-10H,2-8,11-17H2,1H3,(H,19,20);1H2,2H3,(H,5,6);/b10-9+;;. The molecule has 0 fully saturated rings. The molecule has 0 aliphatic heterocycles. The van der Waals surface area contributed by atoms with Crippen molar-refractivity contribution in [3.05, 3.63) is 24.3 Å². The molecule has 0 saturated heterocycles. The van der Waals surface area contributed by atoms with Crippen molar-refractivity contribution >= 4 is 11.9 Å². The van der Waals surface area contributed by atoms with E-state index in [1.807, 2.05) is 0 Å². The first-order valence-corrected chi connectivity index (χ1v) is 10.2. The molecule has 2 N–H and O–H groups in total. The second-order valence-electron chi connectivity index (χ2n) is 6.81. The van der Waals surface area contributed by atoms with Crippen LogP contribution in [-0.2, 0) is 29.1 Å². The van der Waals surface area contributed by atoms with E-state index in [9.17, 15) is 9.59 Å². The van der Waals surface area contributed by atoms with E-state index in [0.717, 1.165) is 12.8 Å². The van der Waals surface area contributed by atoms with Gasteiger partial charge in [0.15, 0.2) is 0 Å². The van der Waals surface area contributed by atoms with Crippen molar-refractivity contribution in [1.29, 1.82) is 0 Å². The van der Waals surface area contributed by atoms with Gasteiger partial charge in [0.2, 0.25) is 0 Å². The maximum atomic E-state index is 10.3. The van der Waals surface area contributed by atoms with Crippen LogP contribution in [0.4, 0.5) is 0 Å². The Bertz CT molecular complexity index is 380. The van der Waals surface area contributed by atoms with Crippen LogP contribution in [0.3, 0.4) is 0 Å². The van der Waals surface area contributed by atoms with E-state index in [1.54, 1.807) is 0 Å². The molecule has 0 aliphatic rings. The Labute approximate surface area is 179 Å². The molecule has 154 valence electrons. The van der Waals surface area contributed by atoms with Gasteiger partial charge < -0.3 is 10.2 Å². The molecule has 0 heterocycles. The Morgan fingerprint density at radius 3 is 1.52 bits per heavy atom. The van der Waals surface area contributed by atoms with Gasteiger partial charge in [-0.05, 0) is 39.0 Å². The predicted molar refractivity (Wildman–Crippen MR) is 110 cm³/mol. The Kier molecular flexibility index (Phi) is 28.5. The van der Waals surface area contributed by atoms with Crippen molar-refractivity contribution in [2.75, 3.05) is 0 Å². The number of allylic oxidation sites excluding steroid dienone is 2. The fraction of sp³-hybridized carbons (Fsp3) is 0.727. The van der Waals surface area contributed by atoms with Crippen LogP contribution >= 0.6 is 0 Å². The van der Waals surface area contributed by atoms with E-state index in [0.29, 0.717) is 6.42 Å². The fourth-order valence-electron chi connectivity index (χ4n) is 2.35. The van der Waals surface area contributed by atoms with Crippen LogP contribution in [0.1, 0.15) is 104 Å². The van der Waals surface area contributed by atoms with Gasteiger partial charge in [0.05, 0.1) is 0 Å². The predicted octanol–water partition coefficient (Wildman–Crippen LogP) is 6.75. The van der Waals surface area contributed by atoms with E-state index in [-0.39, 0.29) is 25.1 Å². The smallest absolute Gasteiger partial charge is 0.330 e. The van der Waals surface area contributed by atoms with Crippen LogP contribution in [0.15, 0.2) is 24.3 Å². The number of aliphatic carboxylic acids is 2. The molecule has 0 aliphatic carbocycles. The molecule has 0 radical (unpaired) electrons. The zero-order valence-electron chi connectivity index (χ0n) is 17.7. The molecule has 27 heavy (non-hydrogen) atoms. The maximum Gasteiger partial charge on any atom is 0.330 e. The topological polar surface area (TPSA) is 74.6 Å². The quantitative estimate of drug-likeness (QED) is 0.122. The van der Waals surface area contributed by atoms with Gasteiger partial charge in [0, 0.05) is 31.5 Å². The molecule has 0 bridgehead atoms.